The zero-order chi connectivity index (χ0) is 21.1. The summed E-state index contributed by atoms with van der Waals surface area (Å²) in [5.41, 5.74) is 1.19. The molecule has 0 aliphatic carbocycles. The van der Waals surface area contributed by atoms with E-state index in [1.807, 2.05) is 6.92 Å². The number of esters is 1. The van der Waals surface area contributed by atoms with Gasteiger partial charge in [-0.3, -0.25) is 0 Å². The zero-order valence-electron chi connectivity index (χ0n) is 14.9. The first-order valence-corrected chi connectivity index (χ1v) is 8.94. The fourth-order valence-corrected chi connectivity index (χ4v) is 3.19. The number of halogens is 6. The highest BCUT2D eigenvalue weighted by molar-refractivity contribution is 6.35. The van der Waals surface area contributed by atoms with Crippen molar-refractivity contribution in [3.05, 3.63) is 74.5 Å². The van der Waals surface area contributed by atoms with Crippen LogP contribution in [-0.4, -0.2) is 19.3 Å². The number of hydrogen-bond acceptors (Lipinski definition) is 2. The third-order valence-electron chi connectivity index (χ3n) is 4.11. The van der Waals surface area contributed by atoms with Crippen molar-refractivity contribution in [3.63, 3.8) is 0 Å². The van der Waals surface area contributed by atoms with Crippen LogP contribution in [0.5, 0.6) is 0 Å². The summed E-state index contributed by atoms with van der Waals surface area (Å²) in [6, 6.07) is 6.44. The Hall–Kier alpha value is -2.05. The second kappa shape index (κ2) is 8.97. The number of benzene rings is 2. The lowest BCUT2D eigenvalue weighted by Crippen LogP contribution is -2.19. The Morgan fingerprint density at radius 1 is 1.18 bits per heavy atom. The first kappa shape index (κ1) is 22.2. The largest absolute Gasteiger partial charge is 0.465 e. The molecule has 0 aliphatic rings. The molecule has 8 heteroatoms. The monoisotopic (exact) mass is 434 g/mol. The van der Waals surface area contributed by atoms with Crippen molar-refractivity contribution < 1.29 is 27.1 Å². The van der Waals surface area contributed by atoms with Crippen molar-refractivity contribution in [2.24, 2.45) is 0 Å². The standard InChI is InChI=1S/C20H16Cl2F4O2/c1-3-12-8-11(4-6-14(12)19(27)28-2)5-7-15(20(24,25)26)13-9-16(21)18(23)17(22)10-13/h4-10,15H,3H2,1-2H3/b7-5+. The molecule has 0 fully saturated rings. The maximum Gasteiger partial charge on any atom is 0.399 e. The lowest BCUT2D eigenvalue weighted by atomic mass is 9.96. The van der Waals surface area contributed by atoms with Crippen LogP contribution < -0.4 is 0 Å². The average molecular weight is 435 g/mol. The molecule has 2 aromatic carbocycles. The van der Waals surface area contributed by atoms with Crippen molar-refractivity contribution in [1.29, 1.82) is 0 Å². The Balaban J connectivity index is 2.43. The molecule has 28 heavy (non-hydrogen) atoms. The van der Waals surface area contributed by atoms with Crippen molar-refractivity contribution in [2.75, 3.05) is 7.11 Å². The van der Waals surface area contributed by atoms with E-state index in [9.17, 15) is 22.4 Å². The minimum atomic E-state index is -4.64. The molecule has 0 radical (unpaired) electrons. The molecule has 0 aromatic heterocycles. The molecule has 0 N–H and O–H groups in total. The first-order valence-electron chi connectivity index (χ1n) is 8.19. The third kappa shape index (κ3) is 5.06. The average Bonchev–Trinajstić information content (AvgIpc) is 2.64. The topological polar surface area (TPSA) is 26.3 Å². The van der Waals surface area contributed by atoms with Gasteiger partial charge in [0.1, 0.15) is 0 Å². The Kier molecular flexibility index (Phi) is 7.12. The quantitative estimate of drug-likeness (QED) is 0.292. The Morgan fingerprint density at radius 3 is 2.29 bits per heavy atom. The van der Waals surface area contributed by atoms with Crippen LogP contribution in [0.15, 0.2) is 36.4 Å². The van der Waals surface area contributed by atoms with Crippen molar-refractivity contribution >= 4 is 35.2 Å². The summed E-state index contributed by atoms with van der Waals surface area (Å²) < 4.78 is 58.9. The molecule has 1 atom stereocenters. The molecule has 2 nitrogen and oxygen atoms in total. The molecular weight excluding hydrogens is 419 g/mol. The molecule has 0 aliphatic heterocycles. The SMILES string of the molecule is CCc1cc(/C=C/C(c2cc(Cl)c(F)c(Cl)c2)C(F)(F)F)ccc1C(=O)OC. The van der Waals surface area contributed by atoms with E-state index in [1.165, 1.54) is 25.3 Å². The number of carbonyl (C=O) groups is 1. The van der Waals surface area contributed by atoms with Crippen LogP contribution in [0.3, 0.4) is 0 Å². The minimum Gasteiger partial charge on any atom is -0.465 e. The number of ether oxygens (including phenoxy) is 1. The van der Waals surface area contributed by atoms with E-state index in [2.05, 4.69) is 0 Å². The maximum absolute atomic E-state index is 13.5. The zero-order valence-corrected chi connectivity index (χ0v) is 16.4. The van der Waals surface area contributed by atoms with E-state index >= 15 is 0 Å². The molecular formula is C20H16Cl2F4O2. The van der Waals surface area contributed by atoms with Gasteiger partial charge in [-0.1, -0.05) is 54.4 Å². The van der Waals surface area contributed by atoms with Gasteiger partial charge in [-0.25, -0.2) is 9.18 Å². The lowest BCUT2D eigenvalue weighted by molar-refractivity contribution is -0.139. The van der Waals surface area contributed by atoms with Crippen LogP contribution in [-0.2, 0) is 11.2 Å². The van der Waals surface area contributed by atoms with Gasteiger partial charge in [-0.15, -0.1) is 0 Å². The Morgan fingerprint density at radius 2 is 1.79 bits per heavy atom. The van der Waals surface area contributed by atoms with Crippen LogP contribution in [0.4, 0.5) is 17.6 Å². The van der Waals surface area contributed by atoms with Gasteiger partial charge in [0.15, 0.2) is 5.82 Å². The summed E-state index contributed by atoms with van der Waals surface area (Å²) in [5.74, 6) is -3.52. The number of carbonyl (C=O) groups excluding carboxylic acids is 1. The number of hydrogen-bond donors (Lipinski definition) is 0. The first-order chi connectivity index (χ1) is 13.1. The summed E-state index contributed by atoms with van der Waals surface area (Å²) in [6.07, 6.45) is -1.92. The molecule has 1 unspecified atom stereocenters. The maximum atomic E-state index is 13.5. The normalized spacial score (nSPS) is 13.0. The number of alkyl halides is 3. The van der Waals surface area contributed by atoms with E-state index in [1.54, 1.807) is 6.07 Å². The van der Waals surface area contributed by atoms with Gasteiger partial charge >= 0.3 is 12.1 Å². The third-order valence-corrected chi connectivity index (χ3v) is 4.66. The van der Waals surface area contributed by atoms with Crippen LogP contribution in [0.25, 0.3) is 6.08 Å². The van der Waals surface area contributed by atoms with Crippen molar-refractivity contribution in [2.45, 2.75) is 25.4 Å². The number of rotatable bonds is 5. The second-order valence-corrected chi connectivity index (χ2v) is 6.75. The van der Waals surface area contributed by atoms with Crippen molar-refractivity contribution in [3.8, 4) is 0 Å². The molecule has 2 aromatic rings. The molecule has 0 amide bonds. The lowest BCUT2D eigenvalue weighted by Gasteiger charge is -2.18. The Bertz CT molecular complexity index is 885. The second-order valence-electron chi connectivity index (χ2n) is 5.94. The molecule has 0 heterocycles. The Labute approximate surface area is 169 Å². The van der Waals surface area contributed by atoms with Crippen LogP contribution >= 0.6 is 23.2 Å². The molecule has 150 valence electrons. The summed E-state index contributed by atoms with van der Waals surface area (Å²) in [4.78, 5) is 11.7. The fourth-order valence-electron chi connectivity index (χ4n) is 2.69. The number of aryl methyl sites for hydroxylation is 1. The van der Waals surface area contributed by atoms with Gasteiger partial charge < -0.3 is 4.74 Å². The van der Waals surface area contributed by atoms with Gasteiger partial charge in [0.05, 0.1) is 28.6 Å². The highest BCUT2D eigenvalue weighted by atomic mass is 35.5. The summed E-state index contributed by atoms with van der Waals surface area (Å²) >= 11 is 11.3. The van der Waals surface area contributed by atoms with Gasteiger partial charge in [0, 0.05) is 0 Å². The van der Waals surface area contributed by atoms with Gasteiger partial charge in [-0.05, 0) is 41.3 Å². The predicted molar refractivity (Wildman–Crippen MR) is 101 cm³/mol. The highest BCUT2D eigenvalue weighted by Crippen LogP contribution is 2.39. The van der Waals surface area contributed by atoms with E-state index in [4.69, 9.17) is 27.9 Å². The van der Waals surface area contributed by atoms with Crippen LogP contribution in [0.2, 0.25) is 10.0 Å². The number of methoxy groups -OCH3 is 1. The van der Waals surface area contributed by atoms with Gasteiger partial charge in [-0.2, -0.15) is 13.2 Å². The van der Waals surface area contributed by atoms with E-state index in [-0.39, 0.29) is 5.56 Å². The molecule has 0 spiro atoms. The van der Waals surface area contributed by atoms with E-state index in [0.717, 1.165) is 18.2 Å². The van der Waals surface area contributed by atoms with Crippen LogP contribution in [0, 0.1) is 5.82 Å². The van der Waals surface area contributed by atoms with Crippen molar-refractivity contribution in [1.82, 2.24) is 0 Å². The van der Waals surface area contributed by atoms with Gasteiger partial charge in [0.25, 0.3) is 0 Å². The smallest absolute Gasteiger partial charge is 0.399 e. The van der Waals surface area contributed by atoms with E-state index in [0.29, 0.717) is 23.1 Å². The predicted octanol–water partition coefficient (Wildman–Crippen LogP) is 6.84. The highest BCUT2D eigenvalue weighted by Gasteiger charge is 2.39. The fraction of sp³-hybridized carbons (Fsp3) is 0.250. The summed E-state index contributed by atoms with van der Waals surface area (Å²) in [6.45, 7) is 1.82. The van der Waals surface area contributed by atoms with E-state index < -0.39 is 33.9 Å². The number of allylic oxidation sites excluding steroid dienone is 1. The summed E-state index contributed by atoms with van der Waals surface area (Å²) in [7, 11) is 1.25. The molecule has 2 rings (SSSR count). The van der Waals surface area contributed by atoms with Crippen LogP contribution in [0.1, 0.15) is 39.9 Å². The van der Waals surface area contributed by atoms with Gasteiger partial charge in [0.2, 0.25) is 0 Å². The summed E-state index contributed by atoms with van der Waals surface area (Å²) in [5, 5.41) is -0.971. The minimum absolute atomic E-state index is 0.276. The molecule has 0 saturated carbocycles. The molecule has 0 saturated heterocycles. The molecule has 0 bridgehead atoms.